The van der Waals surface area contributed by atoms with Crippen molar-refractivity contribution in [2.75, 3.05) is 12.0 Å². The van der Waals surface area contributed by atoms with Gasteiger partial charge in [-0.25, -0.2) is 8.42 Å². The molecule has 2 aromatic rings. The first-order valence-corrected chi connectivity index (χ1v) is 7.99. The van der Waals surface area contributed by atoms with Crippen molar-refractivity contribution in [1.29, 1.82) is 0 Å². The lowest BCUT2D eigenvalue weighted by Gasteiger charge is -2.11. The Hall–Kier alpha value is -1.23. The third-order valence-corrected chi connectivity index (χ3v) is 4.56. The van der Waals surface area contributed by atoms with Crippen LogP contribution in [0.4, 0.5) is 5.69 Å². The summed E-state index contributed by atoms with van der Waals surface area (Å²) < 4.78 is 23.3. The molecule has 0 aromatic heterocycles. The molecule has 0 aliphatic heterocycles. The fraction of sp³-hybridized carbons (Fsp3) is 0.0769. The van der Waals surface area contributed by atoms with Crippen LogP contribution in [0.15, 0.2) is 41.3 Å². The second kappa shape index (κ2) is 5.04. The number of nitrogens with two attached hydrogens (primary N) is 1. The highest BCUT2D eigenvalue weighted by molar-refractivity contribution is 7.90. The summed E-state index contributed by atoms with van der Waals surface area (Å²) in [5.41, 5.74) is 7.55. The minimum atomic E-state index is -3.38. The fourth-order valence-electron chi connectivity index (χ4n) is 1.78. The van der Waals surface area contributed by atoms with E-state index in [1.807, 2.05) is 0 Å². The van der Waals surface area contributed by atoms with E-state index in [1.54, 1.807) is 30.3 Å². The Balaban J connectivity index is 2.71. The number of rotatable bonds is 2. The Bertz CT molecular complexity index is 742. The second-order valence-electron chi connectivity index (χ2n) is 4.12. The highest BCUT2D eigenvalue weighted by Gasteiger charge is 2.16. The molecule has 0 saturated heterocycles. The van der Waals surface area contributed by atoms with Crippen molar-refractivity contribution >= 4 is 38.7 Å². The zero-order valence-corrected chi connectivity index (χ0v) is 12.4. The lowest BCUT2D eigenvalue weighted by molar-refractivity contribution is 0.602. The van der Waals surface area contributed by atoms with Crippen molar-refractivity contribution < 1.29 is 8.42 Å². The predicted molar refractivity (Wildman–Crippen MR) is 79.4 cm³/mol. The van der Waals surface area contributed by atoms with Crippen LogP contribution >= 0.6 is 23.2 Å². The smallest absolute Gasteiger partial charge is 0.177 e. The summed E-state index contributed by atoms with van der Waals surface area (Å²) in [5, 5.41) is 0.677. The summed E-state index contributed by atoms with van der Waals surface area (Å²) in [5.74, 6) is 0. The third-order valence-electron chi connectivity index (χ3n) is 2.67. The molecule has 0 bridgehead atoms. The molecule has 0 saturated carbocycles. The Morgan fingerprint density at radius 2 is 1.74 bits per heavy atom. The van der Waals surface area contributed by atoms with Crippen LogP contribution in [0, 0.1) is 0 Å². The van der Waals surface area contributed by atoms with E-state index in [2.05, 4.69) is 0 Å². The van der Waals surface area contributed by atoms with Crippen LogP contribution in [0.1, 0.15) is 0 Å². The molecule has 3 nitrogen and oxygen atoms in total. The van der Waals surface area contributed by atoms with Crippen LogP contribution in [-0.4, -0.2) is 14.7 Å². The maximum atomic E-state index is 11.6. The van der Waals surface area contributed by atoms with Crippen molar-refractivity contribution in [3.63, 3.8) is 0 Å². The average Bonchev–Trinajstić information content (AvgIpc) is 2.28. The summed E-state index contributed by atoms with van der Waals surface area (Å²) in [6.07, 6.45) is 1.11. The molecule has 0 spiro atoms. The highest BCUT2D eigenvalue weighted by atomic mass is 35.5. The van der Waals surface area contributed by atoms with E-state index in [-0.39, 0.29) is 9.92 Å². The molecule has 6 heteroatoms. The molecule has 2 rings (SSSR count). The minimum absolute atomic E-state index is 0.0843. The van der Waals surface area contributed by atoms with E-state index >= 15 is 0 Å². The standard InChI is InChI=1S/C13H11Cl2NO2S/c1-19(17,18)12-4-2-3-10(13(12)15)9-6-5-8(14)7-11(9)16/h2-7H,16H2,1H3. The molecule has 0 amide bonds. The Labute approximate surface area is 121 Å². The number of halogens is 2. The molecule has 0 fully saturated rings. The summed E-state index contributed by atoms with van der Waals surface area (Å²) in [7, 11) is -3.38. The monoisotopic (exact) mass is 315 g/mol. The van der Waals surface area contributed by atoms with Crippen molar-refractivity contribution in [3.8, 4) is 11.1 Å². The molecule has 0 radical (unpaired) electrons. The molecule has 0 aliphatic rings. The van der Waals surface area contributed by atoms with Gasteiger partial charge in [0, 0.05) is 28.1 Å². The van der Waals surface area contributed by atoms with Gasteiger partial charge in [-0.05, 0) is 18.2 Å². The van der Waals surface area contributed by atoms with Crippen molar-refractivity contribution in [1.82, 2.24) is 0 Å². The van der Waals surface area contributed by atoms with E-state index in [9.17, 15) is 8.42 Å². The molecule has 0 atom stereocenters. The first-order valence-electron chi connectivity index (χ1n) is 5.34. The van der Waals surface area contributed by atoms with Crippen LogP contribution < -0.4 is 5.73 Å². The van der Waals surface area contributed by atoms with Gasteiger partial charge >= 0.3 is 0 Å². The van der Waals surface area contributed by atoms with Gasteiger partial charge in [-0.2, -0.15) is 0 Å². The van der Waals surface area contributed by atoms with Crippen LogP contribution in [0.5, 0.6) is 0 Å². The molecule has 19 heavy (non-hydrogen) atoms. The van der Waals surface area contributed by atoms with E-state index in [0.717, 1.165) is 6.26 Å². The fourth-order valence-corrected chi connectivity index (χ4v) is 3.37. The van der Waals surface area contributed by atoms with Gasteiger partial charge in [0.2, 0.25) is 0 Å². The summed E-state index contributed by atoms with van der Waals surface area (Å²) in [6, 6.07) is 9.80. The quantitative estimate of drug-likeness (QED) is 0.860. The lowest BCUT2D eigenvalue weighted by Crippen LogP contribution is -1.99. The number of nitrogen functional groups attached to an aromatic ring is 1. The van der Waals surface area contributed by atoms with Crippen LogP contribution in [0.3, 0.4) is 0 Å². The SMILES string of the molecule is CS(=O)(=O)c1cccc(-c2ccc(Cl)cc2N)c1Cl. The molecular formula is C13H11Cl2NO2S. The van der Waals surface area contributed by atoms with Gasteiger partial charge in [-0.1, -0.05) is 41.4 Å². The molecule has 2 aromatic carbocycles. The van der Waals surface area contributed by atoms with Gasteiger partial charge in [-0.15, -0.1) is 0 Å². The molecule has 0 aliphatic carbocycles. The number of benzene rings is 2. The minimum Gasteiger partial charge on any atom is -0.398 e. The van der Waals surface area contributed by atoms with Gasteiger partial charge < -0.3 is 5.73 Å². The summed E-state index contributed by atoms with van der Waals surface area (Å²) in [6.45, 7) is 0. The zero-order chi connectivity index (χ0) is 14.2. The van der Waals surface area contributed by atoms with E-state index < -0.39 is 9.84 Å². The lowest BCUT2D eigenvalue weighted by atomic mass is 10.0. The third kappa shape index (κ3) is 2.86. The summed E-state index contributed by atoms with van der Waals surface area (Å²) in [4.78, 5) is 0.0843. The summed E-state index contributed by atoms with van der Waals surface area (Å²) >= 11 is 12.0. The maximum Gasteiger partial charge on any atom is 0.177 e. The largest absolute Gasteiger partial charge is 0.398 e. The van der Waals surface area contributed by atoms with E-state index in [4.69, 9.17) is 28.9 Å². The van der Waals surface area contributed by atoms with Crippen LogP contribution in [0.2, 0.25) is 10.0 Å². The van der Waals surface area contributed by atoms with E-state index in [1.165, 1.54) is 6.07 Å². The Morgan fingerprint density at radius 3 is 2.32 bits per heavy atom. The first kappa shape index (κ1) is 14.2. The number of anilines is 1. The number of sulfone groups is 1. The van der Waals surface area contributed by atoms with Gasteiger partial charge in [0.05, 0.1) is 9.92 Å². The molecule has 2 N–H and O–H groups in total. The number of hydrogen-bond acceptors (Lipinski definition) is 3. The Kier molecular flexibility index (Phi) is 3.76. The normalized spacial score (nSPS) is 11.5. The molecular weight excluding hydrogens is 305 g/mol. The predicted octanol–water partition coefficient (Wildman–Crippen LogP) is 3.65. The maximum absolute atomic E-state index is 11.6. The topological polar surface area (TPSA) is 60.2 Å². The van der Waals surface area contributed by atoms with Crippen molar-refractivity contribution in [2.24, 2.45) is 0 Å². The van der Waals surface area contributed by atoms with Crippen LogP contribution in [-0.2, 0) is 9.84 Å². The van der Waals surface area contributed by atoms with Gasteiger partial charge in [0.1, 0.15) is 0 Å². The molecule has 0 heterocycles. The van der Waals surface area contributed by atoms with Gasteiger partial charge in [0.25, 0.3) is 0 Å². The van der Waals surface area contributed by atoms with Gasteiger partial charge in [0.15, 0.2) is 9.84 Å². The average molecular weight is 316 g/mol. The second-order valence-corrected chi connectivity index (χ2v) is 6.92. The van der Waals surface area contributed by atoms with Crippen molar-refractivity contribution in [2.45, 2.75) is 4.90 Å². The zero-order valence-electron chi connectivity index (χ0n) is 10.0. The van der Waals surface area contributed by atoms with E-state index in [0.29, 0.717) is 21.8 Å². The van der Waals surface area contributed by atoms with Crippen LogP contribution in [0.25, 0.3) is 11.1 Å². The molecule has 0 unspecified atom stereocenters. The first-order chi connectivity index (χ1) is 8.80. The molecule has 100 valence electrons. The van der Waals surface area contributed by atoms with Gasteiger partial charge in [-0.3, -0.25) is 0 Å². The number of hydrogen-bond donors (Lipinski definition) is 1. The van der Waals surface area contributed by atoms with Crippen molar-refractivity contribution in [3.05, 3.63) is 46.4 Å². The Morgan fingerprint density at radius 1 is 1.05 bits per heavy atom. The highest BCUT2D eigenvalue weighted by Crippen LogP contribution is 2.36.